The molecule has 0 saturated carbocycles. The van der Waals surface area contributed by atoms with Crippen molar-refractivity contribution in [2.75, 3.05) is 18.0 Å². The number of aromatic nitrogens is 2. The van der Waals surface area contributed by atoms with E-state index < -0.39 is 0 Å². The summed E-state index contributed by atoms with van der Waals surface area (Å²) in [6.45, 7) is 6.17. The van der Waals surface area contributed by atoms with Crippen molar-refractivity contribution in [2.45, 2.75) is 45.6 Å². The minimum absolute atomic E-state index is 0.00501. The van der Waals surface area contributed by atoms with Crippen LogP contribution in [0.2, 0.25) is 0 Å². The number of carbonyl (C=O) groups is 1. The molecule has 1 fully saturated rings. The van der Waals surface area contributed by atoms with Gasteiger partial charge in [-0.25, -0.2) is 0 Å². The van der Waals surface area contributed by atoms with Crippen molar-refractivity contribution in [1.29, 1.82) is 0 Å². The third-order valence-corrected chi connectivity index (χ3v) is 4.46. The zero-order chi connectivity index (χ0) is 16.9. The van der Waals surface area contributed by atoms with Crippen LogP contribution in [0.4, 0.5) is 5.69 Å². The number of anilines is 1. The summed E-state index contributed by atoms with van der Waals surface area (Å²) in [6, 6.07) is 8.19. The Morgan fingerprint density at radius 3 is 2.62 bits per heavy atom. The van der Waals surface area contributed by atoms with Gasteiger partial charge in [-0.3, -0.25) is 4.79 Å². The molecule has 3 rings (SSSR count). The van der Waals surface area contributed by atoms with Crippen molar-refractivity contribution in [2.24, 2.45) is 0 Å². The van der Waals surface area contributed by atoms with E-state index >= 15 is 0 Å². The molecule has 0 spiro atoms. The van der Waals surface area contributed by atoms with E-state index in [0.29, 0.717) is 5.82 Å². The van der Waals surface area contributed by atoms with Crippen molar-refractivity contribution in [3.05, 3.63) is 30.2 Å². The summed E-state index contributed by atoms with van der Waals surface area (Å²) in [5, 5.41) is 6.74. The molecule has 6 nitrogen and oxygen atoms in total. The highest BCUT2D eigenvalue weighted by Crippen LogP contribution is 2.23. The SMILES string of the molecule is CCC(C)NC(=O)c1nc(-c2ccc(N3CCCCC3)cc2)no1. The quantitative estimate of drug-likeness (QED) is 0.912. The van der Waals surface area contributed by atoms with Crippen LogP contribution in [0.3, 0.4) is 0 Å². The van der Waals surface area contributed by atoms with Crippen molar-refractivity contribution in [1.82, 2.24) is 15.5 Å². The fourth-order valence-electron chi connectivity index (χ4n) is 2.79. The number of amides is 1. The molecule has 24 heavy (non-hydrogen) atoms. The summed E-state index contributed by atoms with van der Waals surface area (Å²) in [5.74, 6) is 0.118. The first-order valence-corrected chi connectivity index (χ1v) is 8.67. The third kappa shape index (κ3) is 3.75. The van der Waals surface area contributed by atoms with E-state index in [0.717, 1.165) is 25.1 Å². The average Bonchev–Trinajstić information content (AvgIpc) is 3.13. The predicted molar refractivity (Wildman–Crippen MR) is 93.0 cm³/mol. The summed E-state index contributed by atoms with van der Waals surface area (Å²) in [6.07, 6.45) is 4.67. The Morgan fingerprint density at radius 1 is 1.25 bits per heavy atom. The molecule has 2 heterocycles. The maximum absolute atomic E-state index is 12.0. The van der Waals surface area contributed by atoms with E-state index in [1.807, 2.05) is 26.0 Å². The van der Waals surface area contributed by atoms with E-state index in [1.54, 1.807) is 0 Å². The van der Waals surface area contributed by atoms with Crippen LogP contribution in [-0.4, -0.2) is 35.2 Å². The molecule has 0 radical (unpaired) electrons. The van der Waals surface area contributed by atoms with Gasteiger partial charge >= 0.3 is 11.8 Å². The molecule has 0 bridgehead atoms. The highest BCUT2D eigenvalue weighted by molar-refractivity contribution is 5.90. The molecule has 1 saturated heterocycles. The highest BCUT2D eigenvalue weighted by atomic mass is 16.5. The first-order valence-electron chi connectivity index (χ1n) is 8.67. The van der Waals surface area contributed by atoms with Gasteiger partial charge in [0.15, 0.2) is 0 Å². The molecule has 1 unspecified atom stereocenters. The minimum atomic E-state index is -0.326. The third-order valence-electron chi connectivity index (χ3n) is 4.46. The number of carbonyl (C=O) groups excluding carboxylic acids is 1. The Labute approximate surface area is 142 Å². The minimum Gasteiger partial charge on any atom is -0.372 e. The van der Waals surface area contributed by atoms with Crippen LogP contribution in [0.5, 0.6) is 0 Å². The molecular formula is C18H24N4O2. The van der Waals surface area contributed by atoms with E-state index in [2.05, 4.69) is 32.5 Å². The number of rotatable bonds is 5. The van der Waals surface area contributed by atoms with Gasteiger partial charge in [0.25, 0.3) is 0 Å². The van der Waals surface area contributed by atoms with E-state index in [4.69, 9.17) is 4.52 Å². The number of hydrogen-bond acceptors (Lipinski definition) is 5. The molecule has 1 aliphatic heterocycles. The van der Waals surface area contributed by atoms with Crippen LogP contribution < -0.4 is 10.2 Å². The van der Waals surface area contributed by atoms with Gasteiger partial charge in [-0.2, -0.15) is 4.98 Å². The van der Waals surface area contributed by atoms with Crippen LogP contribution in [0.1, 0.15) is 50.2 Å². The molecule has 1 N–H and O–H groups in total. The zero-order valence-corrected chi connectivity index (χ0v) is 14.3. The van der Waals surface area contributed by atoms with E-state index in [-0.39, 0.29) is 17.8 Å². The Hall–Kier alpha value is -2.37. The van der Waals surface area contributed by atoms with Crippen molar-refractivity contribution >= 4 is 11.6 Å². The largest absolute Gasteiger partial charge is 0.372 e. The van der Waals surface area contributed by atoms with E-state index in [1.165, 1.54) is 24.9 Å². The van der Waals surface area contributed by atoms with Gasteiger partial charge in [-0.15, -0.1) is 0 Å². The Morgan fingerprint density at radius 2 is 1.96 bits per heavy atom. The van der Waals surface area contributed by atoms with Gasteiger partial charge in [0.2, 0.25) is 5.82 Å². The number of nitrogens with one attached hydrogen (secondary N) is 1. The second kappa shape index (κ2) is 7.47. The van der Waals surface area contributed by atoms with Gasteiger partial charge in [-0.05, 0) is 56.9 Å². The molecule has 1 amide bonds. The topological polar surface area (TPSA) is 71.3 Å². The summed E-state index contributed by atoms with van der Waals surface area (Å²) >= 11 is 0. The van der Waals surface area contributed by atoms with Gasteiger partial charge in [-0.1, -0.05) is 12.1 Å². The van der Waals surface area contributed by atoms with Gasteiger partial charge < -0.3 is 14.7 Å². The smallest absolute Gasteiger partial charge is 0.316 e. The van der Waals surface area contributed by atoms with Crippen LogP contribution in [0, 0.1) is 0 Å². The monoisotopic (exact) mass is 328 g/mol. The van der Waals surface area contributed by atoms with Crippen LogP contribution in [0.25, 0.3) is 11.4 Å². The van der Waals surface area contributed by atoms with Gasteiger partial charge in [0.05, 0.1) is 0 Å². The molecule has 1 aliphatic rings. The molecule has 6 heteroatoms. The van der Waals surface area contributed by atoms with E-state index in [9.17, 15) is 4.79 Å². The first-order chi connectivity index (χ1) is 11.7. The number of piperidine rings is 1. The van der Waals surface area contributed by atoms with Gasteiger partial charge in [0, 0.05) is 30.4 Å². The van der Waals surface area contributed by atoms with Crippen molar-refractivity contribution in [3.8, 4) is 11.4 Å². The van der Waals surface area contributed by atoms with Crippen LogP contribution >= 0.6 is 0 Å². The molecular weight excluding hydrogens is 304 g/mol. The molecule has 1 aromatic carbocycles. The number of hydrogen-bond donors (Lipinski definition) is 1. The standard InChI is InChI=1S/C18H24N4O2/c1-3-13(2)19-17(23)18-20-16(21-24-18)14-7-9-15(10-8-14)22-11-5-4-6-12-22/h7-10,13H,3-6,11-12H2,1-2H3,(H,19,23). The molecule has 0 aliphatic carbocycles. The highest BCUT2D eigenvalue weighted by Gasteiger charge is 2.18. The lowest BCUT2D eigenvalue weighted by molar-refractivity contribution is 0.0895. The number of benzene rings is 1. The predicted octanol–water partition coefficient (Wildman–Crippen LogP) is 3.26. The normalized spacial score (nSPS) is 16.0. The number of nitrogens with zero attached hydrogens (tertiary/aromatic N) is 3. The maximum Gasteiger partial charge on any atom is 0.316 e. The summed E-state index contributed by atoms with van der Waals surface area (Å²) in [5.41, 5.74) is 2.07. The Balaban J connectivity index is 1.69. The lowest BCUT2D eigenvalue weighted by atomic mass is 10.1. The van der Waals surface area contributed by atoms with Crippen LogP contribution in [0.15, 0.2) is 28.8 Å². The first kappa shape index (κ1) is 16.5. The van der Waals surface area contributed by atoms with Crippen LogP contribution in [-0.2, 0) is 0 Å². The molecule has 1 aromatic heterocycles. The molecule has 1 atom stereocenters. The summed E-state index contributed by atoms with van der Waals surface area (Å²) < 4.78 is 5.09. The van der Waals surface area contributed by atoms with Gasteiger partial charge in [0.1, 0.15) is 0 Å². The fraction of sp³-hybridized carbons (Fsp3) is 0.500. The zero-order valence-electron chi connectivity index (χ0n) is 14.3. The lowest BCUT2D eigenvalue weighted by Gasteiger charge is -2.28. The second-order valence-electron chi connectivity index (χ2n) is 6.30. The second-order valence-corrected chi connectivity index (χ2v) is 6.30. The fourth-order valence-corrected chi connectivity index (χ4v) is 2.79. The molecule has 128 valence electrons. The Bertz CT molecular complexity index is 675. The van der Waals surface area contributed by atoms with Crippen molar-refractivity contribution < 1.29 is 9.32 Å². The van der Waals surface area contributed by atoms with Crippen molar-refractivity contribution in [3.63, 3.8) is 0 Å². The average molecular weight is 328 g/mol. The summed E-state index contributed by atoms with van der Waals surface area (Å²) in [4.78, 5) is 18.6. The summed E-state index contributed by atoms with van der Waals surface area (Å²) in [7, 11) is 0. The Kier molecular flexibility index (Phi) is 5.13. The molecule has 2 aromatic rings. The lowest BCUT2D eigenvalue weighted by Crippen LogP contribution is -2.32. The maximum atomic E-state index is 12.0.